The summed E-state index contributed by atoms with van der Waals surface area (Å²) < 4.78 is 0. The minimum atomic E-state index is -0.330. The number of rotatable bonds is 6. The summed E-state index contributed by atoms with van der Waals surface area (Å²) in [6.45, 7) is 3.20. The van der Waals surface area contributed by atoms with Gasteiger partial charge in [-0.2, -0.15) is 5.10 Å². The molecular weight excluding hydrogens is 366 g/mol. The van der Waals surface area contributed by atoms with Crippen LogP contribution in [0.25, 0.3) is 0 Å². The van der Waals surface area contributed by atoms with Crippen LogP contribution in [0, 0.1) is 6.92 Å². The first kappa shape index (κ1) is 19.2. The number of H-pyrrole nitrogens is 2. The Hall–Kier alpha value is -2.55. The third-order valence-electron chi connectivity index (χ3n) is 4.44. The Balaban J connectivity index is 1.43. The molecule has 1 saturated heterocycles. The van der Waals surface area contributed by atoms with Crippen LogP contribution in [0.5, 0.6) is 0 Å². The molecule has 1 atom stereocenters. The number of likely N-dealkylation sites (tertiary alicyclic amines) is 1. The summed E-state index contributed by atoms with van der Waals surface area (Å²) in [7, 11) is 0. The van der Waals surface area contributed by atoms with E-state index in [2.05, 4.69) is 20.5 Å². The highest BCUT2D eigenvalue weighted by Gasteiger charge is 2.26. The van der Waals surface area contributed by atoms with E-state index in [1.165, 1.54) is 11.8 Å². The van der Waals surface area contributed by atoms with Crippen LogP contribution in [0.15, 0.2) is 29.1 Å². The Bertz CT molecular complexity index is 862. The van der Waals surface area contributed by atoms with E-state index in [-0.39, 0.29) is 34.9 Å². The third-order valence-corrected chi connectivity index (χ3v) is 5.36. The second kappa shape index (κ2) is 8.90. The fourth-order valence-electron chi connectivity index (χ4n) is 3.15. The van der Waals surface area contributed by atoms with Crippen LogP contribution in [0.3, 0.4) is 0 Å². The van der Waals surface area contributed by atoms with Gasteiger partial charge in [-0.25, -0.2) is 9.89 Å². The summed E-state index contributed by atoms with van der Waals surface area (Å²) in [6.07, 6.45) is 1.75. The van der Waals surface area contributed by atoms with E-state index in [4.69, 9.17) is 0 Å². The number of carbonyl (C=O) groups excluding carboxylic acids is 2. The molecule has 0 radical (unpaired) electrons. The second-order valence-corrected chi connectivity index (χ2v) is 7.64. The Kier molecular flexibility index (Phi) is 6.33. The smallest absolute Gasteiger partial charge is 0.340 e. The first-order chi connectivity index (χ1) is 13.0. The number of hydrogen-bond acceptors (Lipinski definition) is 5. The number of thioether (sulfide) groups is 1. The molecule has 27 heavy (non-hydrogen) atoms. The van der Waals surface area contributed by atoms with Crippen molar-refractivity contribution >= 4 is 29.3 Å². The predicted octanol–water partition coefficient (Wildman–Crippen LogP) is 1.48. The average molecular weight is 389 g/mol. The lowest BCUT2D eigenvalue weighted by Crippen LogP contribution is -2.40. The molecule has 1 aromatic heterocycles. The number of benzene rings is 1. The van der Waals surface area contributed by atoms with Crippen molar-refractivity contribution in [2.75, 3.05) is 29.9 Å². The van der Waals surface area contributed by atoms with Gasteiger partial charge in [0.05, 0.1) is 11.5 Å². The van der Waals surface area contributed by atoms with E-state index in [0.717, 1.165) is 24.1 Å². The number of aryl methyl sites for hydroxylation is 1. The Morgan fingerprint density at radius 1 is 1.37 bits per heavy atom. The first-order valence-electron chi connectivity index (χ1n) is 8.88. The monoisotopic (exact) mass is 389 g/mol. The average Bonchev–Trinajstić information content (AvgIpc) is 3.08. The summed E-state index contributed by atoms with van der Waals surface area (Å²) in [5.41, 5.74) is 1.51. The summed E-state index contributed by atoms with van der Waals surface area (Å²) in [4.78, 5) is 40.1. The maximum Gasteiger partial charge on any atom is 0.340 e. The molecular formula is C18H23N5O3S. The van der Waals surface area contributed by atoms with E-state index in [0.29, 0.717) is 18.9 Å². The maximum atomic E-state index is 12.4. The lowest BCUT2D eigenvalue weighted by molar-refractivity contribution is -0.129. The van der Waals surface area contributed by atoms with Gasteiger partial charge in [0.15, 0.2) is 0 Å². The SMILES string of the molecule is Cc1cccc(NC(=O)CSCC(=O)N2CCCC(c3n[nH]c(=O)[nH]3)C2)c1. The molecule has 2 aromatic rings. The number of aromatic amines is 2. The number of amides is 2. The Labute approximate surface area is 161 Å². The standard InChI is InChI=1S/C18H23N5O3S/c1-12-4-2-6-14(8-12)19-15(24)10-27-11-16(25)23-7-3-5-13(9-23)17-20-18(26)22-21-17/h2,4,6,8,13H,3,5,7,9-11H2,1H3,(H,19,24)(H2,20,21,22,26). The number of nitrogens with one attached hydrogen (secondary N) is 3. The fraction of sp³-hybridized carbons (Fsp3) is 0.444. The normalized spacial score (nSPS) is 16.9. The van der Waals surface area contributed by atoms with Crippen LogP contribution < -0.4 is 11.0 Å². The number of hydrogen-bond donors (Lipinski definition) is 3. The molecule has 1 aromatic carbocycles. The highest BCUT2D eigenvalue weighted by molar-refractivity contribution is 8.00. The van der Waals surface area contributed by atoms with Crippen molar-refractivity contribution in [1.29, 1.82) is 0 Å². The molecule has 0 aliphatic carbocycles. The zero-order chi connectivity index (χ0) is 19.2. The summed E-state index contributed by atoms with van der Waals surface area (Å²) in [6, 6.07) is 7.60. The molecule has 9 heteroatoms. The molecule has 2 heterocycles. The van der Waals surface area contributed by atoms with Crippen LogP contribution in [0.4, 0.5) is 5.69 Å². The fourth-order valence-corrected chi connectivity index (χ4v) is 3.86. The molecule has 1 unspecified atom stereocenters. The van der Waals surface area contributed by atoms with Crippen molar-refractivity contribution in [2.24, 2.45) is 0 Å². The number of nitrogens with zero attached hydrogens (tertiary/aromatic N) is 2. The van der Waals surface area contributed by atoms with E-state index in [1.54, 1.807) is 4.90 Å². The van der Waals surface area contributed by atoms with Crippen LogP contribution >= 0.6 is 11.8 Å². The van der Waals surface area contributed by atoms with Crippen molar-refractivity contribution in [1.82, 2.24) is 20.1 Å². The van der Waals surface area contributed by atoms with Gasteiger partial charge < -0.3 is 10.2 Å². The van der Waals surface area contributed by atoms with Gasteiger partial charge in [0.2, 0.25) is 11.8 Å². The molecule has 3 rings (SSSR count). The van der Waals surface area contributed by atoms with Gasteiger partial charge in [-0.05, 0) is 37.5 Å². The topological polar surface area (TPSA) is 111 Å². The van der Waals surface area contributed by atoms with Crippen LogP contribution in [0.2, 0.25) is 0 Å². The van der Waals surface area contributed by atoms with Crippen LogP contribution in [0.1, 0.15) is 30.1 Å². The molecule has 2 amide bonds. The molecule has 0 bridgehead atoms. The van der Waals surface area contributed by atoms with Crippen molar-refractivity contribution in [3.63, 3.8) is 0 Å². The van der Waals surface area contributed by atoms with E-state index in [9.17, 15) is 14.4 Å². The minimum absolute atomic E-state index is 0.00550. The van der Waals surface area contributed by atoms with Gasteiger partial charge in [-0.1, -0.05) is 12.1 Å². The van der Waals surface area contributed by atoms with Gasteiger partial charge in [0.25, 0.3) is 0 Å². The zero-order valence-corrected chi connectivity index (χ0v) is 16.0. The first-order valence-corrected chi connectivity index (χ1v) is 10.0. The Morgan fingerprint density at radius 2 is 2.22 bits per heavy atom. The highest BCUT2D eigenvalue weighted by atomic mass is 32.2. The summed E-state index contributed by atoms with van der Waals surface area (Å²) in [5.74, 6) is 1.00. The van der Waals surface area contributed by atoms with Crippen molar-refractivity contribution in [3.05, 3.63) is 46.1 Å². The zero-order valence-electron chi connectivity index (χ0n) is 15.2. The van der Waals surface area contributed by atoms with E-state index < -0.39 is 0 Å². The molecule has 1 fully saturated rings. The number of carbonyl (C=O) groups is 2. The largest absolute Gasteiger partial charge is 0.341 e. The lowest BCUT2D eigenvalue weighted by Gasteiger charge is -2.31. The molecule has 1 aliphatic rings. The van der Waals surface area contributed by atoms with Crippen molar-refractivity contribution < 1.29 is 9.59 Å². The van der Waals surface area contributed by atoms with Crippen molar-refractivity contribution in [2.45, 2.75) is 25.7 Å². The molecule has 1 aliphatic heterocycles. The van der Waals surface area contributed by atoms with E-state index >= 15 is 0 Å². The summed E-state index contributed by atoms with van der Waals surface area (Å²) >= 11 is 1.30. The van der Waals surface area contributed by atoms with Gasteiger partial charge in [-0.15, -0.1) is 11.8 Å². The molecule has 0 saturated carbocycles. The predicted molar refractivity (Wildman–Crippen MR) is 105 cm³/mol. The number of piperidine rings is 1. The quantitative estimate of drug-likeness (QED) is 0.693. The maximum absolute atomic E-state index is 12.4. The second-order valence-electron chi connectivity index (χ2n) is 6.65. The highest BCUT2D eigenvalue weighted by Crippen LogP contribution is 2.24. The summed E-state index contributed by atoms with van der Waals surface area (Å²) in [5, 5.41) is 9.18. The van der Waals surface area contributed by atoms with E-state index in [1.807, 2.05) is 31.2 Å². The number of aromatic nitrogens is 3. The van der Waals surface area contributed by atoms with Gasteiger partial charge in [0.1, 0.15) is 5.82 Å². The van der Waals surface area contributed by atoms with Crippen LogP contribution in [-0.2, 0) is 9.59 Å². The number of anilines is 1. The molecule has 0 spiro atoms. The minimum Gasteiger partial charge on any atom is -0.341 e. The lowest BCUT2D eigenvalue weighted by atomic mass is 9.97. The van der Waals surface area contributed by atoms with Crippen LogP contribution in [-0.4, -0.2) is 56.5 Å². The molecule has 144 valence electrons. The van der Waals surface area contributed by atoms with Gasteiger partial charge in [-0.3, -0.25) is 14.6 Å². The molecule has 8 nitrogen and oxygen atoms in total. The molecule has 3 N–H and O–H groups in total. The van der Waals surface area contributed by atoms with Gasteiger partial charge >= 0.3 is 5.69 Å². The Morgan fingerprint density at radius 3 is 2.96 bits per heavy atom. The van der Waals surface area contributed by atoms with Crippen molar-refractivity contribution in [3.8, 4) is 0 Å². The van der Waals surface area contributed by atoms with Gasteiger partial charge in [0, 0.05) is 24.7 Å². The third kappa shape index (κ3) is 5.46.